The molecule has 1 aromatic carbocycles. The number of nitrogens with one attached hydrogen (secondary N) is 3. The molecule has 34 heavy (non-hydrogen) atoms. The van der Waals surface area contributed by atoms with Crippen molar-refractivity contribution in [2.45, 2.75) is 39.2 Å². The number of nitrogens with zero attached hydrogens (tertiary/aromatic N) is 2. The normalized spacial score (nSPS) is 10.9. The summed E-state index contributed by atoms with van der Waals surface area (Å²) in [6.45, 7) is 6.44. The quantitative estimate of drug-likeness (QED) is 0.320. The van der Waals surface area contributed by atoms with Crippen LogP contribution in [0.2, 0.25) is 0 Å². The number of hydrogen-bond donors (Lipinski definition) is 3. The fraction of sp³-hybridized carbons (Fsp3) is 0.346. The van der Waals surface area contributed by atoms with Crippen LogP contribution in [0.1, 0.15) is 33.6 Å². The monoisotopic (exact) mass is 461 g/mol. The van der Waals surface area contributed by atoms with Gasteiger partial charge in [-0.1, -0.05) is 0 Å². The van der Waals surface area contributed by atoms with Crippen molar-refractivity contribution in [3.8, 4) is 35.0 Å². The highest BCUT2D eigenvalue weighted by Gasteiger charge is 2.18. The molecule has 2 heterocycles. The summed E-state index contributed by atoms with van der Waals surface area (Å²) in [5, 5.41) is 9.88. The van der Waals surface area contributed by atoms with Crippen LogP contribution in [0.4, 0.5) is 16.4 Å². The molecule has 0 saturated heterocycles. The number of unbranched alkanes of at least 4 members (excludes halogenated alkanes) is 1. The van der Waals surface area contributed by atoms with Crippen molar-refractivity contribution in [2.24, 2.45) is 0 Å². The first kappa shape index (κ1) is 24.6. The Balaban J connectivity index is 2.06. The van der Waals surface area contributed by atoms with Gasteiger partial charge in [-0.25, -0.2) is 14.8 Å². The molecule has 3 N–H and O–H groups in total. The number of carbonyl (C=O) groups excluding carboxylic acids is 1. The minimum absolute atomic E-state index is 0.362. The second kappa shape index (κ2) is 10.8. The summed E-state index contributed by atoms with van der Waals surface area (Å²) >= 11 is 0. The van der Waals surface area contributed by atoms with E-state index in [0.29, 0.717) is 47.3 Å². The molecule has 0 saturated carbocycles. The minimum Gasteiger partial charge on any atom is -0.497 e. The van der Waals surface area contributed by atoms with Crippen LogP contribution in [-0.4, -0.2) is 42.3 Å². The van der Waals surface area contributed by atoms with Gasteiger partial charge in [-0.15, -0.1) is 12.3 Å². The van der Waals surface area contributed by atoms with Gasteiger partial charge in [0.05, 0.1) is 14.2 Å². The Kier molecular flexibility index (Phi) is 7.79. The molecule has 0 aliphatic rings. The van der Waals surface area contributed by atoms with Gasteiger partial charge in [0.2, 0.25) is 0 Å². The SMILES string of the molecule is C#CCCCNc1ccc2cc(-c3cc(OC)cc(OC)c3)c(NC(=O)NC(C)(C)C)nc2n1. The lowest BCUT2D eigenvalue weighted by molar-refractivity contribution is 0.243. The Morgan fingerprint density at radius 1 is 1.06 bits per heavy atom. The first-order valence-electron chi connectivity index (χ1n) is 11.0. The van der Waals surface area contributed by atoms with Crippen molar-refractivity contribution < 1.29 is 14.3 Å². The summed E-state index contributed by atoms with van der Waals surface area (Å²) in [7, 11) is 3.18. The summed E-state index contributed by atoms with van der Waals surface area (Å²) in [4.78, 5) is 22.0. The average Bonchev–Trinajstić information content (AvgIpc) is 2.79. The number of methoxy groups -OCH3 is 2. The molecule has 0 spiro atoms. The van der Waals surface area contributed by atoms with Crippen LogP contribution in [0.25, 0.3) is 22.2 Å². The molecule has 178 valence electrons. The van der Waals surface area contributed by atoms with Crippen molar-refractivity contribution in [3.63, 3.8) is 0 Å². The van der Waals surface area contributed by atoms with Crippen LogP contribution < -0.4 is 25.4 Å². The van der Waals surface area contributed by atoms with Gasteiger partial charge in [0.15, 0.2) is 5.65 Å². The van der Waals surface area contributed by atoms with Crippen LogP contribution >= 0.6 is 0 Å². The summed E-state index contributed by atoms with van der Waals surface area (Å²) in [5.74, 6) is 4.95. The highest BCUT2D eigenvalue weighted by Crippen LogP contribution is 2.35. The summed E-state index contributed by atoms with van der Waals surface area (Å²) in [6.07, 6.45) is 6.86. The zero-order chi connectivity index (χ0) is 24.7. The second-order valence-corrected chi connectivity index (χ2v) is 8.79. The molecular weight excluding hydrogens is 430 g/mol. The van der Waals surface area contributed by atoms with Crippen molar-refractivity contribution in [2.75, 3.05) is 31.4 Å². The topological polar surface area (TPSA) is 97.4 Å². The summed E-state index contributed by atoms with van der Waals surface area (Å²) in [5.41, 5.74) is 1.60. The van der Waals surface area contributed by atoms with Gasteiger partial charge in [0.1, 0.15) is 23.1 Å². The second-order valence-electron chi connectivity index (χ2n) is 8.79. The van der Waals surface area contributed by atoms with E-state index >= 15 is 0 Å². The van der Waals surface area contributed by atoms with E-state index in [1.165, 1.54) is 0 Å². The standard InChI is InChI=1S/C26H31N5O3/c1-7-8-9-12-27-22-11-10-17-15-21(18-13-19(33-5)16-20(14-18)34-6)24(29-23(17)28-22)30-25(32)31-26(2,3)4/h1,10-11,13-16H,8-9,12H2,2-6H3,(H3,27,28,29,30,31,32). The molecule has 2 amide bonds. The third-order valence-corrected chi connectivity index (χ3v) is 4.86. The number of urea groups is 1. The molecule has 0 fully saturated rings. The van der Waals surface area contributed by atoms with Gasteiger partial charge in [0.25, 0.3) is 0 Å². The van der Waals surface area contributed by atoms with Gasteiger partial charge < -0.3 is 20.1 Å². The lowest BCUT2D eigenvalue weighted by Crippen LogP contribution is -2.43. The van der Waals surface area contributed by atoms with E-state index in [9.17, 15) is 4.79 Å². The van der Waals surface area contributed by atoms with Crippen LogP contribution in [-0.2, 0) is 0 Å². The maximum atomic E-state index is 12.7. The zero-order valence-corrected chi connectivity index (χ0v) is 20.3. The third-order valence-electron chi connectivity index (χ3n) is 4.86. The third kappa shape index (κ3) is 6.51. The van der Waals surface area contributed by atoms with Crippen LogP contribution in [0.3, 0.4) is 0 Å². The van der Waals surface area contributed by atoms with Crippen LogP contribution in [0.15, 0.2) is 36.4 Å². The van der Waals surface area contributed by atoms with Gasteiger partial charge in [-0.2, -0.15) is 0 Å². The lowest BCUT2D eigenvalue weighted by atomic mass is 10.0. The van der Waals surface area contributed by atoms with E-state index in [-0.39, 0.29) is 6.03 Å². The van der Waals surface area contributed by atoms with Gasteiger partial charge >= 0.3 is 6.03 Å². The van der Waals surface area contributed by atoms with Crippen molar-refractivity contribution in [1.29, 1.82) is 0 Å². The van der Waals surface area contributed by atoms with E-state index in [0.717, 1.165) is 17.4 Å². The number of benzene rings is 1. The van der Waals surface area contributed by atoms with Gasteiger partial charge in [-0.05, 0) is 63.1 Å². The maximum Gasteiger partial charge on any atom is 0.320 e. The molecule has 0 aliphatic heterocycles. The lowest BCUT2D eigenvalue weighted by Gasteiger charge is -2.21. The zero-order valence-electron chi connectivity index (χ0n) is 20.3. The molecule has 0 unspecified atom stereocenters. The predicted octanol–water partition coefficient (Wildman–Crippen LogP) is 5.06. The Bertz CT molecular complexity index is 1190. The number of anilines is 2. The first-order valence-corrected chi connectivity index (χ1v) is 11.0. The first-order chi connectivity index (χ1) is 16.2. The van der Waals surface area contributed by atoms with E-state index < -0.39 is 5.54 Å². The number of rotatable bonds is 8. The molecule has 3 aromatic rings. The number of terminal acetylenes is 1. The van der Waals surface area contributed by atoms with E-state index in [1.807, 2.05) is 51.1 Å². The summed E-state index contributed by atoms with van der Waals surface area (Å²) in [6, 6.07) is 10.9. The number of carbonyl (C=O) groups is 1. The van der Waals surface area contributed by atoms with Crippen LogP contribution in [0.5, 0.6) is 11.5 Å². The fourth-order valence-electron chi connectivity index (χ4n) is 3.31. The molecule has 0 atom stereocenters. The minimum atomic E-state index is -0.409. The molecule has 2 aromatic heterocycles. The van der Waals surface area contributed by atoms with Gasteiger partial charge in [-0.3, -0.25) is 5.32 Å². The molecular formula is C26H31N5O3. The molecule has 8 nitrogen and oxygen atoms in total. The Morgan fingerprint density at radius 2 is 1.76 bits per heavy atom. The smallest absolute Gasteiger partial charge is 0.320 e. The average molecular weight is 462 g/mol. The molecule has 0 bridgehead atoms. The number of ether oxygens (including phenoxy) is 2. The Labute approximate surface area is 200 Å². The molecule has 8 heteroatoms. The number of fused-ring (bicyclic) bond motifs is 1. The molecule has 3 rings (SSSR count). The Hall–Kier alpha value is -3.99. The predicted molar refractivity (Wildman–Crippen MR) is 137 cm³/mol. The highest BCUT2D eigenvalue weighted by molar-refractivity contribution is 5.97. The maximum absolute atomic E-state index is 12.7. The van der Waals surface area contributed by atoms with E-state index in [2.05, 4.69) is 26.9 Å². The number of aromatic nitrogens is 2. The number of hydrogen-bond acceptors (Lipinski definition) is 6. The van der Waals surface area contributed by atoms with Crippen LogP contribution in [0, 0.1) is 12.3 Å². The molecule has 0 radical (unpaired) electrons. The van der Waals surface area contributed by atoms with E-state index in [1.54, 1.807) is 20.3 Å². The highest BCUT2D eigenvalue weighted by atomic mass is 16.5. The fourth-order valence-corrected chi connectivity index (χ4v) is 3.31. The van der Waals surface area contributed by atoms with Gasteiger partial charge in [0, 0.05) is 35.5 Å². The van der Waals surface area contributed by atoms with Crippen molar-refractivity contribution >= 4 is 28.7 Å². The largest absolute Gasteiger partial charge is 0.497 e. The number of amides is 2. The molecule has 0 aliphatic carbocycles. The van der Waals surface area contributed by atoms with Crippen molar-refractivity contribution in [1.82, 2.24) is 15.3 Å². The summed E-state index contributed by atoms with van der Waals surface area (Å²) < 4.78 is 10.9. The van der Waals surface area contributed by atoms with E-state index in [4.69, 9.17) is 20.9 Å². The number of pyridine rings is 2. The van der Waals surface area contributed by atoms with Crippen molar-refractivity contribution in [3.05, 3.63) is 36.4 Å². The Morgan fingerprint density at radius 3 is 2.38 bits per heavy atom.